The van der Waals surface area contributed by atoms with Gasteiger partial charge in [-0.25, -0.2) is 9.97 Å². The summed E-state index contributed by atoms with van der Waals surface area (Å²) < 4.78 is 0. The van der Waals surface area contributed by atoms with Crippen LogP contribution in [-0.2, 0) is 0 Å². The van der Waals surface area contributed by atoms with Gasteiger partial charge >= 0.3 is 0 Å². The van der Waals surface area contributed by atoms with Gasteiger partial charge in [0.25, 0.3) is 0 Å². The fraction of sp³-hybridized carbons (Fsp3) is 0.714. The van der Waals surface area contributed by atoms with Crippen molar-refractivity contribution >= 4 is 11.6 Å². The van der Waals surface area contributed by atoms with Crippen LogP contribution in [0, 0.1) is 6.92 Å². The number of aliphatic hydroxyl groups excluding tert-OH is 1. The van der Waals surface area contributed by atoms with Crippen LogP contribution in [0.3, 0.4) is 0 Å². The van der Waals surface area contributed by atoms with E-state index >= 15 is 0 Å². The average Bonchev–Trinajstić information content (AvgIpc) is 2.81. The number of nitrogens with one attached hydrogen (secondary N) is 1. The van der Waals surface area contributed by atoms with E-state index in [4.69, 9.17) is 0 Å². The maximum atomic E-state index is 9.60. The number of hydrogen-bond donors (Lipinski definition) is 2. The first-order valence-corrected chi connectivity index (χ1v) is 7.21. The quantitative estimate of drug-likeness (QED) is 0.769. The summed E-state index contributed by atoms with van der Waals surface area (Å²) in [6.07, 6.45) is 4.22. The highest BCUT2D eigenvalue weighted by Gasteiger charge is 2.21. The van der Waals surface area contributed by atoms with E-state index in [0.717, 1.165) is 43.4 Å². The minimum atomic E-state index is -0.226. The highest BCUT2D eigenvalue weighted by Crippen LogP contribution is 2.20. The maximum absolute atomic E-state index is 9.60. The molecule has 106 valence electrons. The molecule has 5 heteroatoms. The highest BCUT2D eigenvalue weighted by atomic mass is 16.3. The molecule has 1 fully saturated rings. The zero-order valence-corrected chi connectivity index (χ0v) is 11.9. The average molecular weight is 264 g/mol. The van der Waals surface area contributed by atoms with Crippen LogP contribution in [0.2, 0.25) is 0 Å². The molecule has 1 aliphatic rings. The van der Waals surface area contributed by atoms with E-state index in [0.29, 0.717) is 6.54 Å². The summed E-state index contributed by atoms with van der Waals surface area (Å²) in [5.41, 5.74) is 0. The summed E-state index contributed by atoms with van der Waals surface area (Å²) in [5, 5.41) is 13.0. The lowest BCUT2D eigenvalue weighted by Gasteiger charge is -2.18. The molecule has 2 rings (SSSR count). The fourth-order valence-corrected chi connectivity index (χ4v) is 2.35. The molecule has 5 nitrogen and oxygen atoms in total. The van der Waals surface area contributed by atoms with Gasteiger partial charge < -0.3 is 15.3 Å². The summed E-state index contributed by atoms with van der Waals surface area (Å²) in [6.45, 7) is 6.60. The summed E-state index contributed by atoms with van der Waals surface area (Å²) in [4.78, 5) is 11.0. The van der Waals surface area contributed by atoms with Gasteiger partial charge in [-0.2, -0.15) is 0 Å². The Hall–Kier alpha value is -1.36. The van der Waals surface area contributed by atoms with Gasteiger partial charge in [0.1, 0.15) is 17.5 Å². The Morgan fingerprint density at radius 1 is 1.42 bits per heavy atom. The Balaban J connectivity index is 1.98. The fourth-order valence-electron chi connectivity index (χ4n) is 2.35. The summed E-state index contributed by atoms with van der Waals surface area (Å²) in [6, 6.07) is 1.98. The van der Waals surface area contributed by atoms with Crippen molar-refractivity contribution in [2.75, 3.05) is 29.9 Å². The first-order valence-electron chi connectivity index (χ1n) is 7.21. The van der Waals surface area contributed by atoms with Gasteiger partial charge in [0, 0.05) is 25.7 Å². The van der Waals surface area contributed by atoms with Crippen LogP contribution in [-0.4, -0.2) is 40.8 Å². The van der Waals surface area contributed by atoms with Gasteiger partial charge in [0.15, 0.2) is 0 Å². The van der Waals surface area contributed by atoms with Crippen molar-refractivity contribution in [1.29, 1.82) is 0 Å². The molecule has 1 saturated heterocycles. The third-order valence-electron chi connectivity index (χ3n) is 3.40. The normalized spacial score (nSPS) is 18.9. The van der Waals surface area contributed by atoms with Gasteiger partial charge in [-0.15, -0.1) is 0 Å². The van der Waals surface area contributed by atoms with E-state index in [1.807, 2.05) is 13.0 Å². The van der Waals surface area contributed by atoms with Gasteiger partial charge in [-0.1, -0.05) is 19.8 Å². The number of unbranched alkanes of at least 4 members (excludes halogenated alkanes) is 2. The molecule has 1 aliphatic heterocycles. The van der Waals surface area contributed by atoms with Crippen LogP contribution < -0.4 is 10.2 Å². The number of aliphatic hydroxyl groups is 1. The molecular formula is C14H24N4O. The lowest BCUT2D eigenvalue weighted by atomic mass is 10.2. The number of β-amino-alcohol motifs (C(OH)–C–C–N with tert-alkyl or cyclic N) is 1. The zero-order valence-electron chi connectivity index (χ0n) is 11.9. The number of aromatic nitrogens is 2. The third kappa shape index (κ3) is 4.06. The number of aryl methyl sites for hydroxylation is 1. The van der Waals surface area contributed by atoms with Gasteiger partial charge in [0.05, 0.1) is 6.10 Å². The molecule has 1 atom stereocenters. The second-order valence-electron chi connectivity index (χ2n) is 5.18. The molecule has 0 amide bonds. The number of hydrogen-bond acceptors (Lipinski definition) is 5. The summed E-state index contributed by atoms with van der Waals surface area (Å²) in [7, 11) is 0. The Morgan fingerprint density at radius 2 is 2.26 bits per heavy atom. The smallest absolute Gasteiger partial charge is 0.134 e. The van der Waals surface area contributed by atoms with Crippen molar-refractivity contribution < 1.29 is 5.11 Å². The van der Waals surface area contributed by atoms with Crippen molar-refractivity contribution in [3.05, 3.63) is 11.9 Å². The molecule has 1 aromatic rings. The Kier molecular flexibility index (Phi) is 4.96. The number of nitrogens with zero attached hydrogens (tertiary/aromatic N) is 3. The maximum Gasteiger partial charge on any atom is 0.134 e. The lowest BCUT2D eigenvalue weighted by Crippen LogP contribution is -2.23. The van der Waals surface area contributed by atoms with Gasteiger partial charge in [0.2, 0.25) is 0 Å². The molecule has 19 heavy (non-hydrogen) atoms. The van der Waals surface area contributed by atoms with E-state index < -0.39 is 0 Å². The standard InChI is InChI=1S/C14H24N4O/c1-3-4-5-7-15-13-9-14(17-11(2)16-13)18-8-6-12(19)10-18/h9,12,19H,3-8,10H2,1-2H3,(H,15,16,17). The minimum Gasteiger partial charge on any atom is -0.391 e. The Bertz CT molecular complexity index is 410. The Morgan fingerprint density at radius 3 is 2.95 bits per heavy atom. The van der Waals surface area contributed by atoms with E-state index in [1.54, 1.807) is 0 Å². The van der Waals surface area contributed by atoms with Crippen LogP contribution in [0.5, 0.6) is 0 Å². The molecule has 0 saturated carbocycles. The molecule has 0 spiro atoms. The lowest BCUT2D eigenvalue weighted by molar-refractivity contribution is 0.198. The second-order valence-corrected chi connectivity index (χ2v) is 5.18. The molecule has 1 unspecified atom stereocenters. The highest BCUT2D eigenvalue weighted by molar-refractivity contribution is 5.50. The zero-order chi connectivity index (χ0) is 13.7. The van der Waals surface area contributed by atoms with Gasteiger partial charge in [-0.3, -0.25) is 0 Å². The van der Waals surface area contributed by atoms with Crippen LogP contribution in [0.15, 0.2) is 6.07 Å². The second kappa shape index (κ2) is 6.70. The summed E-state index contributed by atoms with van der Waals surface area (Å²) in [5.74, 6) is 2.58. The molecule has 0 aromatic carbocycles. The SMILES string of the molecule is CCCCCNc1cc(N2CCC(O)C2)nc(C)n1. The molecule has 2 heterocycles. The van der Waals surface area contributed by atoms with Crippen LogP contribution >= 0.6 is 0 Å². The molecule has 0 aliphatic carbocycles. The Labute approximate surface area is 115 Å². The molecule has 1 aromatic heterocycles. The van der Waals surface area contributed by atoms with Crippen LogP contribution in [0.1, 0.15) is 38.4 Å². The topological polar surface area (TPSA) is 61.3 Å². The summed E-state index contributed by atoms with van der Waals surface area (Å²) >= 11 is 0. The van der Waals surface area contributed by atoms with Gasteiger partial charge in [-0.05, 0) is 19.8 Å². The molecule has 0 radical (unpaired) electrons. The van der Waals surface area contributed by atoms with E-state index in [9.17, 15) is 5.11 Å². The molecule has 0 bridgehead atoms. The monoisotopic (exact) mass is 264 g/mol. The van der Waals surface area contributed by atoms with Crippen LogP contribution in [0.4, 0.5) is 11.6 Å². The molecular weight excluding hydrogens is 240 g/mol. The third-order valence-corrected chi connectivity index (χ3v) is 3.40. The first-order chi connectivity index (χ1) is 9.19. The number of anilines is 2. The van der Waals surface area contributed by atoms with Crippen molar-refractivity contribution in [2.45, 2.75) is 45.6 Å². The van der Waals surface area contributed by atoms with Crippen molar-refractivity contribution in [3.63, 3.8) is 0 Å². The number of rotatable bonds is 6. The van der Waals surface area contributed by atoms with E-state index in [-0.39, 0.29) is 6.10 Å². The van der Waals surface area contributed by atoms with Crippen molar-refractivity contribution in [1.82, 2.24) is 9.97 Å². The van der Waals surface area contributed by atoms with Crippen LogP contribution in [0.25, 0.3) is 0 Å². The van der Waals surface area contributed by atoms with Crippen molar-refractivity contribution in [3.8, 4) is 0 Å². The predicted octanol–water partition coefficient (Wildman–Crippen LogP) is 1.96. The predicted molar refractivity (Wildman–Crippen MR) is 77.6 cm³/mol. The van der Waals surface area contributed by atoms with E-state index in [2.05, 4.69) is 27.1 Å². The molecule has 2 N–H and O–H groups in total. The van der Waals surface area contributed by atoms with Crippen molar-refractivity contribution in [2.24, 2.45) is 0 Å². The minimum absolute atomic E-state index is 0.226. The largest absolute Gasteiger partial charge is 0.391 e. The first kappa shape index (κ1) is 14.1. The van der Waals surface area contributed by atoms with E-state index in [1.165, 1.54) is 12.8 Å².